The normalized spacial score (nSPS) is 10.8. The van der Waals surface area contributed by atoms with Crippen LogP contribution in [0.15, 0.2) is 29.4 Å². The molecule has 20 heavy (non-hydrogen) atoms. The number of non-ortho nitro benzene ring substituents is 1. The van der Waals surface area contributed by atoms with Crippen LogP contribution in [0.3, 0.4) is 0 Å². The average Bonchev–Trinajstić information content (AvgIpc) is 2.41. The van der Waals surface area contributed by atoms with E-state index in [2.05, 4.69) is 10.5 Å². The second kappa shape index (κ2) is 7.88. The highest BCUT2D eigenvalue weighted by Crippen LogP contribution is 2.16. The Morgan fingerprint density at radius 2 is 2.10 bits per heavy atom. The van der Waals surface area contributed by atoms with Crippen molar-refractivity contribution in [2.24, 2.45) is 11.0 Å². The van der Waals surface area contributed by atoms with Gasteiger partial charge in [-0.3, -0.25) is 14.9 Å². The van der Waals surface area contributed by atoms with Gasteiger partial charge < -0.3 is 4.74 Å². The Kier molecular flexibility index (Phi) is 6.15. The Morgan fingerprint density at radius 1 is 1.45 bits per heavy atom. The molecule has 0 fully saturated rings. The van der Waals surface area contributed by atoms with E-state index < -0.39 is 4.92 Å². The fraction of sp³-hybridized carbons (Fsp3) is 0.385. The number of carbonyl (C=O) groups excluding carboxylic acids is 1. The lowest BCUT2D eigenvalue weighted by Crippen LogP contribution is -2.24. The lowest BCUT2D eigenvalue weighted by Gasteiger charge is -2.04. The molecule has 0 aromatic heterocycles. The summed E-state index contributed by atoms with van der Waals surface area (Å²) < 4.78 is 5.17. The maximum absolute atomic E-state index is 11.4. The van der Waals surface area contributed by atoms with E-state index in [1.807, 2.05) is 13.8 Å². The Bertz CT molecular complexity index is 483. The quantitative estimate of drug-likeness (QED) is 0.470. The van der Waals surface area contributed by atoms with E-state index in [1.165, 1.54) is 24.3 Å². The van der Waals surface area contributed by atoms with E-state index in [4.69, 9.17) is 4.74 Å². The molecule has 7 nitrogen and oxygen atoms in total. The van der Waals surface area contributed by atoms with Gasteiger partial charge in [0.05, 0.1) is 4.92 Å². The van der Waals surface area contributed by atoms with Crippen molar-refractivity contribution in [3.8, 4) is 5.75 Å². The maximum Gasteiger partial charge on any atom is 0.277 e. The van der Waals surface area contributed by atoms with Gasteiger partial charge in [0.15, 0.2) is 6.61 Å². The zero-order valence-corrected chi connectivity index (χ0v) is 11.4. The Morgan fingerprint density at radius 3 is 2.65 bits per heavy atom. The Labute approximate surface area is 116 Å². The molecule has 1 aromatic rings. The fourth-order valence-corrected chi connectivity index (χ4v) is 1.23. The van der Waals surface area contributed by atoms with Gasteiger partial charge in [-0.15, -0.1) is 0 Å². The van der Waals surface area contributed by atoms with Crippen molar-refractivity contribution in [3.05, 3.63) is 34.4 Å². The molecule has 0 spiro atoms. The van der Waals surface area contributed by atoms with Crippen LogP contribution in [-0.4, -0.2) is 23.7 Å². The van der Waals surface area contributed by atoms with Crippen molar-refractivity contribution in [2.45, 2.75) is 20.3 Å². The average molecular weight is 279 g/mol. The standard InChI is InChI=1S/C13H17N3O4/c1-10(2)7-8-14-15-13(17)9-20-12-5-3-11(4-6-12)16(18)19/h3-6,8,10H,7,9H2,1-2H3,(H,15,17)/b14-8-. The summed E-state index contributed by atoms with van der Waals surface area (Å²) >= 11 is 0. The number of rotatable bonds is 7. The number of hydrogen-bond donors (Lipinski definition) is 1. The first-order valence-corrected chi connectivity index (χ1v) is 6.16. The number of nitrogens with zero attached hydrogens (tertiary/aromatic N) is 2. The summed E-state index contributed by atoms with van der Waals surface area (Å²) in [5, 5.41) is 14.2. The first kappa shape index (κ1) is 15.6. The molecule has 0 aliphatic rings. The van der Waals surface area contributed by atoms with Crippen LogP contribution < -0.4 is 10.2 Å². The minimum atomic E-state index is -0.500. The van der Waals surface area contributed by atoms with Gasteiger partial charge in [-0.2, -0.15) is 5.10 Å². The van der Waals surface area contributed by atoms with Crippen LogP contribution in [0, 0.1) is 16.0 Å². The number of nitrogens with one attached hydrogen (secondary N) is 1. The molecule has 0 atom stereocenters. The summed E-state index contributed by atoms with van der Waals surface area (Å²) in [4.78, 5) is 21.3. The molecule has 0 saturated carbocycles. The van der Waals surface area contributed by atoms with Crippen LogP contribution >= 0.6 is 0 Å². The van der Waals surface area contributed by atoms with Gasteiger partial charge in [0.2, 0.25) is 0 Å². The maximum atomic E-state index is 11.4. The number of benzene rings is 1. The molecular formula is C13H17N3O4. The van der Waals surface area contributed by atoms with Gasteiger partial charge in [-0.05, 0) is 24.5 Å². The fourth-order valence-electron chi connectivity index (χ4n) is 1.23. The highest BCUT2D eigenvalue weighted by molar-refractivity contribution is 5.78. The van der Waals surface area contributed by atoms with Crippen LogP contribution in [0.2, 0.25) is 0 Å². The Hall–Kier alpha value is -2.44. The van der Waals surface area contributed by atoms with E-state index in [-0.39, 0.29) is 18.2 Å². The summed E-state index contributed by atoms with van der Waals surface area (Å²) in [5.74, 6) is 0.479. The highest BCUT2D eigenvalue weighted by Gasteiger charge is 2.05. The zero-order chi connectivity index (χ0) is 15.0. The van der Waals surface area contributed by atoms with E-state index in [1.54, 1.807) is 6.21 Å². The summed E-state index contributed by atoms with van der Waals surface area (Å²) in [5.41, 5.74) is 2.31. The molecule has 1 N–H and O–H groups in total. The van der Waals surface area contributed by atoms with Gasteiger partial charge in [0, 0.05) is 18.3 Å². The van der Waals surface area contributed by atoms with E-state index in [0.29, 0.717) is 11.7 Å². The van der Waals surface area contributed by atoms with Crippen molar-refractivity contribution in [3.63, 3.8) is 0 Å². The van der Waals surface area contributed by atoms with Gasteiger partial charge in [-0.1, -0.05) is 13.8 Å². The van der Waals surface area contributed by atoms with Crippen molar-refractivity contribution in [2.75, 3.05) is 6.61 Å². The van der Waals surface area contributed by atoms with E-state index in [0.717, 1.165) is 6.42 Å². The lowest BCUT2D eigenvalue weighted by molar-refractivity contribution is -0.384. The zero-order valence-electron chi connectivity index (χ0n) is 11.4. The molecule has 0 saturated heterocycles. The number of nitro benzene ring substituents is 1. The summed E-state index contributed by atoms with van der Waals surface area (Å²) in [7, 11) is 0. The topological polar surface area (TPSA) is 93.8 Å². The number of hydrazone groups is 1. The predicted octanol–water partition coefficient (Wildman–Crippen LogP) is 2.12. The first-order chi connectivity index (χ1) is 9.49. The van der Waals surface area contributed by atoms with Gasteiger partial charge in [0.25, 0.3) is 11.6 Å². The molecule has 1 amide bonds. The third kappa shape index (κ3) is 5.94. The predicted molar refractivity (Wildman–Crippen MR) is 74.7 cm³/mol. The number of carbonyl (C=O) groups is 1. The molecule has 1 aromatic carbocycles. The number of nitro groups is 1. The molecule has 7 heteroatoms. The molecule has 0 aliphatic carbocycles. The van der Waals surface area contributed by atoms with Gasteiger partial charge in [0.1, 0.15) is 5.75 Å². The second-order valence-corrected chi connectivity index (χ2v) is 4.52. The van der Waals surface area contributed by atoms with Crippen molar-refractivity contribution in [1.82, 2.24) is 5.43 Å². The largest absolute Gasteiger partial charge is 0.484 e. The highest BCUT2D eigenvalue weighted by atomic mass is 16.6. The molecular weight excluding hydrogens is 262 g/mol. The smallest absolute Gasteiger partial charge is 0.277 e. The summed E-state index contributed by atoms with van der Waals surface area (Å²) in [6.45, 7) is 3.90. The third-order valence-electron chi connectivity index (χ3n) is 2.27. The second-order valence-electron chi connectivity index (χ2n) is 4.52. The summed E-state index contributed by atoms with van der Waals surface area (Å²) in [6, 6.07) is 5.50. The van der Waals surface area contributed by atoms with Crippen LogP contribution in [0.5, 0.6) is 5.75 Å². The molecule has 0 heterocycles. The van der Waals surface area contributed by atoms with Crippen LogP contribution in [0.4, 0.5) is 5.69 Å². The monoisotopic (exact) mass is 279 g/mol. The number of ether oxygens (including phenoxy) is 1. The van der Waals surface area contributed by atoms with Crippen LogP contribution in [-0.2, 0) is 4.79 Å². The van der Waals surface area contributed by atoms with Crippen molar-refractivity contribution >= 4 is 17.8 Å². The van der Waals surface area contributed by atoms with Crippen LogP contribution in [0.25, 0.3) is 0 Å². The molecule has 0 unspecified atom stereocenters. The number of hydrogen-bond acceptors (Lipinski definition) is 5. The molecule has 0 radical (unpaired) electrons. The lowest BCUT2D eigenvalue weighted by atomic mass is 10.2. The van der Waals surface area contributed by atoms with Gasteiger partial charge in [-0.25, -0.2) is 5.43 Å². The third-order valence-corrected chi connectivity index (χ3v) is 2.27. The molecule has 108 valence electrons. The van der Waals surface area contributed by atoms with Crippen LogP contribution in [0.1, 0.15) is 20.3 Å². The minimum absolute atomic E-state index is 0.0277. The minimum Gasteiger partial charge on any atom is -0.484 e. The van der Waals surface area contributed by atoms with E-state index >= 15 is 0 Å². The summed E-state index contributed by atoms with van der Waals surface area (Å²) in [6.07, 6.45) is 2.41. The van der Waals surface area contributed by atoms with Crippen molar-refractivity contribution < 1.29 is 14.5 Å². The number of amides is 1. The van der Waals surface area contributed by atoms with Crippen molar-refractivity contribution in [1.29, 1.82) is 0 Å². The Balaban J connectivity index is 2.33. The first-order valence-electron chi connectivity index (χ1n) is 6.16. The molecule has 0 aliphatic heterocycles. The molecule has 1 rings (SSSR count). The van der Waals surface area contributed by atoms with E-state index in [9.17, 15) is 14.9 Å². The SMILES string of the molecule is CC(C)C/C=N\NC(=O)COc1ccc([N+](=O)[O-])cc1. The van der Waals surface area contributed by atoms with Gasteiger partial charge >= 0.3 is 0 Å². The molecule has 0 bridgehead atoms.